The fourth-order valence-corrected chi connectivity index (χ4v) is 3.11. The summed E-state index contributed by atoms with van der Waals surface area (Å²) in [5, 5.41) is 0.439. The second-order valence-electron chi connectivity index (χ2n) is 6.27. The van der Waals surface area contributed by atoms with Gasteiger partial charge in [0.25, 0.3) is 5.91 Å². The summed E-state index contributed by atoms with van der Waals surface area (Å²) < 4.78 is 18.8. The smallest absolute Gasteiger partial charge is 0.316 e. The Morgan fingerprint density at radius 2 is 1.96 bits per heavy atom. The summed E-state index contributed by atoms with van der Waals surface area (Å²) in [7, 11) is 0. The molecule has 1 N–H and O–H groups in total. The molecule has 0 saturated carbocycles. The van der Waals surface area contributed by atoms with Gasteiger partial charge >= 0.3 is 6.01 Å². The normalized spacial score (nSPS) is 16.5. The van der Waals surface area contributed by atoms with E-state index in [0.717, 1.165) is 11.1 Å². The van der Waals surface area contributed by atoms with E-state index in [1.807, 2.05) is 0 Å². The third-order valence-electron chi connectivity index (χ3n) is 4.39. The van der Waals surface area contributed by atoms with Gasteiger partial charge in [-0.2, -0.15) is 0 Å². The molecule has 0 bridgehead atoms. The van der Waals surface area contributed by atoms with Crippen LogP contribution in [0, 0.1) is 5.82 Å². The Morgan fingerprint density at radius 3 is 2.70 bits per heavy atom. The molecule has 1 aliphatic rings. The quantitative estimate of drug-likeness (QED) is 0.744. The number of halogens is 2. The second kappa shape index (κ2) is 7.36. The summed E-state index contributed by atoms with van der Waals surface area (Å²) in [5.41, 5.74) is 2.16. The number of H-pyrrole nitrogens is 1. The van der Waals surface area contributed by atoms with Gasteiger partial charge in [-0.3, -0.25) is 4.79 Å². The maximum atomic E-state index is 13.1. The van der Waals surface area contributed by atoms with Crippen molar-refractivity contribution in [2.45, 2.75) is 12.5 Å². The fraction of sp³-hybridized carbons (Fsp3) is 0.211. The molecule has 0 aliphatic carbocycles. The maximum absolute atomic E-state index is 13.1. The predicted molar refractivity (Wildman–Crippen MR) is 98.2 cm³/mol. The van der Waals surface area contributed by atoms with Crippen LogP contribution in [0.2, 0.25) is 5.02 Å². The van der Waals surface area contributed by atoms with Crippen LogP contribution in [-0.4, -0.2) is 45.0 Å². The molecule has 27 heavy (non-hydrogen) atoms. The van der Waals surface area contributed by atoms with E-state index in [1.165, 1.54) is 24.5 Å². The Balaban J connectivity index is 1.40. The van der Waals surface area contributed by atoms with Gasteiger partial charge in [0.1, 0.15) is 17.6 Å². The van der Waals surface area contributed by atoms with Crippen LogP contribution in [0.1, 0.15) is 16.9 Å². The van der Waals surface area contributed by atoms with E-state index in [-0.39, 0.29) is 23.8 Å². The van der Waals surface area contributed by atoms with Crippen molar-refractivity contribution in [1.29, 1.82) is 0 Å². The molecule has 0 spiro atoms. The number of carbonyl (C=O) groups excluding carboxylic acids is 1. The molecule has 1 aliphatic heterocycles. The number of benzene rings is 1. The Morgan fingerprint density at radius 1 is 1.22 bits per heavy atom. The highest BCUT2D eigenvalue weighted by atomic mass is 35.5. The zero-order chi connectivity index (χ0) is 18.8. The number of rotatable bonds is 4. The molecule has 0 unspecified atom stereocenters. The number of nitrogens with zero attached hydrogens (tertiary/aromatic N) is 3. The first-order valence-corrected chi connectivity index (χ1v) is 8.84. The third-order valence-corrected chi connectivity index (χ3v) is 4.59. The largest absolute Gasteiger partial charge is 0.458 e. The lowest BCUT2D eigenvalue weighted by Crippen LogP contribution is -2.31. The summed E-state index contributed by atoms with van der Waals surface area (Å²) in [6.07, 6.45) is 5.21. The third kappa shape index (κ3) is 3.93. The molecular weight excluding hydrogens is 371 g/mol. The van der Waals surface area contributed by atoms with Crippen molar-refractivity contribution in [3.05, 3.63) is 65.5 Å². The molecular formula is C19H16ClFN4O2. The molecule has 1 saturated heterocycles. The number of ether oxygens (including phenoxy) is 1. The minimum Gasteiger partial charge on any atom is -0.458 e. The van der Waals surface area contributed by atoms with Crippen LogP contribution < -0.4 is 4.74 Å². The minimum absolute atomic E-state index is 0.105. The van der Waals surface area contributed by atoms with Crippen molar-refractivity contribution < 1.29 is 13.9 Å². The molecule has 3 heterocycles. The van der Waals surface area contributed by atoms with Crippen molar-refractivity contribution in [3.63, 3.8) is 0 Å². The Bertz CT molecular complexity index is 943. The molecule has 138 valence electrons. The highest BCUT2D eigenvalue weighted by molar-refractivity contribution is 6.30. The van der Waals surface area contributed by atoms with Crippen molar-refractivity contribution in [3.8, 4) is 17.1 Å². The van der Waals surface area contributed by atoms with Crippen LogP contribution >= 0.6 is 11.6 Å². The zero-order valence-electron chi connectivity index (χ0n) is 14.2. The van der Waals surface area contributed by atoms with Crippen LogP contribution in [0.3, 0.4) is 0 Å². The summed E-state index contributed by atoms with van der Waals surface area (Å²) in [5.74, 6) is -0.398. The molecule has 6 nitrogen and oxygen atoms in total. The summed E-state index contributed by atoms with van der Waals surface area (Å²) in [4.78, 5) is 25.5. The first-order chi connectivity index (χ1) is 13.1. The van der Waals surface area contributed by atoms with Crippen LogP contribution in [0.25, 0.3) is 11.1 Å². The van der Waals surface area contributed by atoms with E-state index in [9.17, 15) is 9.18 Å². The fourth-order valence-electron chi connectivity index (χ4n) is 3.02. The standard InChI is InChI=1S/C19H16ClFN4O2/c20-14-9-23-19(24-10-14)27-16-5-6-25(11-16)18(26)17-7-13(8-22-17)12-1-3-15(21)4-2-12/h1-4,7-10,16,22H,5-6,11H2/t16-/m1/s1. The van der Waals surface area contributed by atoms with Crippen LogP contribution in [0.15, 0.2) is 48.9 Å². The average molecular weight is 387 g/mol. The second-order valence-corrected chi connectivity index (χ2v) is 6.71. The van der Waals surface area contributed by atoms with Gasteiger partial charge in [-0.1, -0.05) is 23.7 Å². The molecule has 3 aromatic rings. The van der Waals surface area contributed by atoms with Crippen molar-refractivity contribution >= 4 is 17.5 Å². The SMILES string of the molecule is O=C(c1cc(-c2ccc(F)cc2)c[nH]1)N1CC[C@@H](Oc2ncc(Cl)cn2)C1. The van der Waals surface area contributed by atoms with Gasteiger partial charge in [0.05, 0.1) is 24.0 Å². The Labute approximate surface area is 160 Å². The molecule has 1 amide bonds. The first-order valence-electron chi connectivity index (χ1n) is 8.46. The lowest BCUT2D eigenvalue weighted by atomic mass is 10.1. The number of amides is 1. The first kappa shape index (κ1) is 17.5. The summed E-state index contributed by atoms with van der Waals surface area (Å²) in [6.45, 7) is 1.04. The van der Waals surface area contributed by atoms with E-state index in [0.29, 0.717) is 30.2 Å². The van der Waals surface area contributed by atoms with Gasteiger partial charge in [0.15, 0.2) is 0 Å². The molecule has 4 rings (SSSR count). The number of aromatic amines is 1. The number of hydrogen-bond donors (Lipinski definition) is 1. The van der Waals surface area contributed by atoms with Crippen molar-refractivity contribution in [2.75, 3.05) is 13.1 Å². The minimum atomic E-state index is -0.293. The molecule has 1 fully saturated rings. The van der Waals surface area contributed by atoms with E-state index < -0.39 is 0 Å². The van der Waals surface area contributed by atoms with E-state index in [2.05, 4.69) is 15.0 Å². The van der Waals surface area contributed by atoms with Crippen molar-refractivity contribution in [1.82, 2.24) is 19.9 Å². The topological polar surface area (TPSA) is 71.1 Å². The van der Waals surface area contributed by atoms with E-state index in [4.69, 9.17) is 16.3 Å². The molecule has 2 aromatic heterocycles. The van der Waals surface area contributed by atoms with Gasteiger partial charge < -0.3 is 14.6 Å². The van der Waals surface area contributed by atoms with Gasteiger partial charge in [0.2, 0.25) is 0 Å². The Hall–Kier alpha value is -2.93. The Kier molecular flexibility index (Phi) is 4.77. The maximum Gasteiger partial charge on any atom is 0.316 e. The monoisotopic (exact) mass is 386 g/mol. The molecule has 1 atom stereocenters. The van der Waals surface area contributed by atoms with Gasteiger partial charge in [-0.05, 0) is 29.3 Å². The van der Waals surface area contributed by atoms with Gasteiger partial charge in [-0.25, -0.2) is 14.4 Å². The average Bonchev–Trinajstić information content (AvgIpc) is 3.34. The van der Waals surface area contributed by atoms with E-state index >= 15 is 0 Å². The van der Waals surface area contributed by atoms with E-state index in [1.54, 1.807) is 29.3 Å². The molecule has 8 heteroatoms. The lowest BCUT2D eigenvalue weighted by Gasteiger charge is -2.15. The van der Waals surface area contributed by atoms with Crippen LogP contribution in [0.5, 0.6) is 6.01 Å². The molecule has 0 radical (unpaired) electrons. The number of carbonyl (C=O) groups is 1. The zero-order valence-corrected chi connectivity index (χ0v) is 15.0. The van der Waals surface area contributed by atoms with Crippen molar-refractivity contribution in [2.24, 2.45) is 0 Å². The predicted octanol–water partition coefficient (Wildman–Crippen LogP) is 3.56. The van der Waals surface area contributed by atoms with Gasteiger partial charge in [-0.15, -0.1) is 0 Å². The highest BCUT2D eigenvalue weighted by Crippen LogP contribution is 2.23. The van der Waals surface area contributed by atoms with Crippen LogP contribution in [0.4, 0.5) is 4.39 Å². The van der Waals surface area contributed by atoms with Gasteiger partial charge in [0, 0.05) is 19.2 Å². The highest BCUT2D eigenvalue weighted by Gasteiger charge is 2.29. The van der Waals surface area contributed by atoms with Crippen LogP contribution in [-0.2, 0) is 0 Å². The lowest BCUT2D eigenvalue weighted by molar-refractivity contribution is 0.0764. The number of hydrogen-bond acceptors (Lipinski definition) is 4. The number of likely N-dealkylation sites (tertiary alicyclic amines) is 1. The molecule has 1 aromatic carbocycles. The number of aromatic nitrogens is 3. The number of nitrogens with one attached hydrogen (secondary N) is 1. The summed E-state index contributed by atoms with van der Waals surface area (Å²) >= 11 is 5.76. The summed E-state index contributed by atoms with van der Waals surface area (Å²) in [6, 6.07) is 8.16.